The Balaban J connectivity index is 2.43. The van der Waals surface area contributed by atoms with Gasteiger partial charge in [0.2, 0.25) is 0 Å². The van der Waals surface area contributed by atoms with Crippen molar-refractivity contribution in [3.05, 3.63) is 48.5 Å². The molecule has 0 N–H and O–H groups in total. The fraction of sp³-hybridized carbons (Fsp3) is 0.400. The molecule has 1 nitrogen and oxygen atoms in total. The van der Waals surface area contributed by atoms with E-state index in [9.17, 15) is 0 Å². The van der Waals surface area contributed by atoms with Gasteiger partial charge in [-0.15, -0.1) is 0 Å². The number of aromatic nitrogens is 1. The molecule has 0 amide bonds. The highest BCUT2D eigenvalue weighted by atomic mass is 15.1. The second-order valence-corrected chi connectivity index (χ2v) is 6.63. The van der Waals surface area contributed by atoms with Crippen molar-refractivity contribution >= 4 is 21.8 Å². The zero-order chi connectivity index (χ0) is 15.0. The van der Waals surface area contributed by atoms with Gasteiger partial charge < -0.3 is 4.57 Å². The fourth-order valence-corrected chi connectivity index (χ4v) is 3.64. The third-order valence-corrected chi connectivity index (χ3v) is 5.09. The first-order chi connectivity index (χ1) is 10.1. The van der Waals surface area contributed by atoms with E-state index in [0.29, 0.717) is 5.92 Å². The van der Waals surface area contributed by atoms with Crippen molar-refractivity contribution in [2.75, 3.05) is 0 Å². The van der Waals surface area contributed by atoms with Gasteiger partial charge in [0.15, 0.2) is 0 Å². The summed E-state index contributed by atoms with van der Waals surface area (Å²) in [6.07, 6.45) is 2.41. The molecule has 1 atom stereocenters. The number of fused-ring (bicyclic) bond motifs is 3. The normalized spacial score (nSPS) is 14.9. The largest absolute Gasteiger partial charge is 0.334 e. The molecule has 1 heterocycles. The Kier molecular flexibility index (Phi) is 3.52. The number of benzene rings is 2. The highest BCUT2D eigenvalue weighted by molar-refractivity contribution is 6.08. The smallest absolute Gasteiger partial charge is 0.0496 e. The van der Waals surface area contributed by atoms with E-state index in [2.05, 4.69) is 80.8 Å². The summed E-state index contributed by atoms with van der Waals surface area (Å²) in [4.78, 5) is 0. The van der Waals surface area contributed by atoms with Crippen molar-refractivity contribution in [2.45, 2.75) is 46.1 Å². The van der Waals surface area contributed by atoms with Gasteiger partial charge in [0.1, 0.15) is 0 Å². The lowest BCUT2D eigenvalue weighted by molar-refractivity contribution is 0.215. The molecule has 1 unspecified atom stereocenters. The minimum Gasteiger partial charge on any atom is -0.334 e. The van der Waals surface area contributed by atoms with Gasteiger partial charge in [-0.25, -0.2) is 0 Å². The van der Waals surface area contributed by atoms with Gasteiger partial charge >= 0.3 is 0 Å². The van der Waals surface area contributed by atoms with Crippen molar-refractivity contribution in [1.82, 2.24) is 4.57 Å². The van der Waals surface area contributed by atoms with Crippen LogP contribution in [0.2, 0.25) is 0 Å². The predicted molar refractivity (Wildman–Crippen MR) is 92.8 cm³/mol. The molecule has 0 saturated heterocycles. The predicted octanol–water partition coefficient (Wildman–Crippen LogP) is 5.97. The minimum atomic E-state index is 0.150. The Labute approximate surface area is 127 Å². The first-order valence-electron chi connectivity index (χ1n) is 8.08. The maximum absolute atomic E-state index is 2.59. The molecule has 0 aliphatic heterocycles. The van der Waals surface area contributed by atoms with Crippen LogP contribution < -0.4 is 0 Å². The molecule has 1 heteroatoms. The molecule has 0 aliphatic rings. The van der Waals surface area contributed by atoms with E-state index >= 15 is 0 Å². The standard InChI is InChI=1S/C20H25N/c1-5-14-20(4,15(2)3)21-18-12-8-6-10-16(18)17-11-7-9-13-19(17)21/h6-13,15H,5,14H2,1-4H3. The van der Waals surface area contributed by atoms with Gasteiger partial charge in [0.25, 0.3) is 0 Å². The Morgan fingerprint density at radius 3 is 1.81 bits per heavy atom. The summed E-state index contributed by atoms with van der Waals surface area (Å²) in [5, 5.41) is 2.74. The quantitative estimate of drug-likeness (QED) is 0.555. The summed E-state index contributed by atoms with van der Waals surface area (Å²) in [5.74, 6) is 0.594. The summed E-state index contributed by atoms with van der Waals surface area (Å²) in [7, 11) is 0. The van der Waals surface area contributed by atoms with Crippen LogP contribution in [-0.4, -0.2) is 4.57 Å². The van der Waals surface area contributed by atoms with E-state index in [4.69, 9.17) is 0 Å². The Morgan fingerprint density at radius 1 is 0.905 bits per heavy atom. The van der Waals surface area contributed by atoms with E-state index in [0.717, 1.165) is 0 Å². The van der Waals surface area contributed by atoms with Crippen molar-refractivity contribution in [1.29, 1.82) is 0 Å². The lowest BCUT2D eigenvalue weighted by atomic mass is 9.83. The Morgan fingerprint density at radius 2 is 1.38 bits per heavy atom. The summed E-state index contributed by atoms with van der Waals surface area (Å²) in [6.45, 7) is 9.40. The molecule has 2 aromatic carbocycles. The van der Waals surface area contributed by atoms with Gasteiger partial charge in [0, 0.05) is 27.3 Å². The lowest BCUT2D eigenvalue weighted by Gasteiger charge is -2.37. The molecule has 0 aliphatic carbocycles. The number of para-hydroxylation sites is 2. The van der Waals surface area contributed by atoms with Gasteiger partial charge in [-0.2, -0.15) is 0 Å². The summed E-state index contributed by atoms with van der Waals surface area (Å²) >= 11 is 0. The molecule has 1 aromatic heterocycles. The van der Waals surface area contributed by atoms with Crippen LogP contribution in [0.5, 0.6) is 0 Å². The molecule has 0 bridgehead atoms. The summed E-state index contributed by atoms with van der Waals surface area (Å²) in [5.41, 5.74) is 2.88. The molecule has 0 radical (unpaired) electrons. The lowest BCUT2D eigenvalue weighted by Crippen LogP contribution is -2.35. The first kappa shape index (κ1) is 14.2. The Hall–Kier alpha value is -1.76. The molecule has 110 valence electrons. The second kappa shape index (κ2) is 5.22. The average Bonchev–Trinajstić information content (AvgIpc) is 2.82. The van der Waals surface area contributed by atoms with Crippen molar-refractivity contribution in [2.24, 2.45) is 5.92 Å². The van der Waals surface area contributed by atoms with Crippen LogP contribution in [0.3, 0.4) is 0 Å². The van der Waals surface area contributed by atoms with Crippen LogP contribution in [0, 0.1) is 5.92 Å². The van der Waals surface area contributed by atoms with Crippen LogP contribution in [0.1, 0.15) is 40.5 Å². The monoisotopic (exact) mass is 279 g/mol. The van der Waals surface area contributed by atoms with Crippen molar-refractivity contribution < 1.29 is 0 Å². The second-order valence-electron chi connectivity index (χ2n) is 6.63. The van der Waals surface area contributed by atoms with Crippen LogP contribution in [0.25, 0.3) is 21.8 Å². The summed E-state index contributed by atoms with van der Waals surface area (Å²) < 4.78 is 2.59. The highest BCUT2D eigenvalue weighted by Crippen LogP contribution is 2.39. The van der Waals surface area contributed by atoms with E-state index in [1.807, 2.05) is 0 Å². The molecule has 0 saturated carbocycles. The van der Waals surface area contributed by atoms with E-state index in [-0.39, 0.29) is 5.54 Å². The average molecular weight is 279 g/mol. The van der Waals surface area contributed by atoms with Crippen LogP contribution >= 0.6 is 0 Å². The maximum Gasteiger partial charge on any atom is 0.0496 e. The topological polar surface area (TPSA) is 4.93 Å². The SMILES string of the molecule is CCCC(C)(C(C)C)n1c2ccccc2c2ccccc21. The number of nitrogens with zero attached hydrogens (tertiary/aromatic N) is 1. The van der Waals surface area contributed by atoms with E-state index in [1.54, 1.807) is 0 Å². The number of rotatable bonds is 4. The van der Waals surface area contributed by atoms with Crippen molar-refractivity contribution in [3.63, 3.8) is 0 Å². The van der Waals surface area contributed by atoms with Gasteiger partial charge in [-0.05, 0) is 31.4 Å². The molecule has 0 fully saturated rings. The molecular weight excluding hydrogens is 254 g/mol. The zero-order valence-corrected chi connectivity index (χ0v) is 13.6. The number of hydrogen-bond acceptors (Lipinski definition) is 0. The van der Waals surface area contributed by atoms with Crippen LogP contribution in [0.4, 0.5) is 0 Å². The molecule has 3 rings (SSSR count). The first-order valence-corrected chi connectivity index (χ1v) is 8.08. The molecule has 21 heavy (non-hydrogen) atoms. The third-order valence-electron chi connectivity index (χ3n) is 5.09. The number of hydrogen-bond donors (Lipinski definition) is 0. The van der Waals surface area contributed by atoms with Crippen molar-refractivity contribution in [3.8, 4) is 0 Å². The van der Waals surface area contributed by atoms with Gasteiger partial charge in [-0.3, -0.25) is 0 Å². The minimum absolute atomic E-state index is 0.150. The zero-order valence-electron chi connectivity index (χ0n) is 13.6. The maximum atomic E-state index is 2.59. The highest BCUT2D eigenvalue weighted by Gasteiger charge is 2.32. The molecule has 0 spiro atoms. The van der Waals surface area contributed by atoms with E-state index in [1.165, 1.54) is 34.6 Å². The van der Waals surface area contributed by atoms with Crippen LogP contribution in [-0.2, 0) is 5.54 Å². The molecular formula is C20H25N. The Bertz CT molecular complexity index is 712. The van der Waals surface area contributed by atoms with Gasteiger partial charge in [0.05, 0.1) is 0 Å². The van der Waals surface area contributed by atoms with E-state index < -0.39 is 0 Å². The summed E-state index contributed by atoms with van der Waals surface area (Å²) in [6, 6.07) is 17.6. The van der Waals surface area contributed by atoms with Gasteiger partial charge in [-0.1, -0.05) is 63.6 Å². The third kappa shape index (κ3) is 2.07. The fourth-order valence-electron chi connectivity index (χ4n) is 3.64. The van der Waals surface area contributed by atoms with Crippen LogP contribution in [0.15, 0.2) is 48.5 Å². The molecule has 3 aromatic rings.